The van der Waals surface area contributed by atoms with Crippen LogP contribution < -0.4 is 4.90 Å². The van der Waals surface area contributed by atoms with Gasteiger partial charge in [-0.1, -0.05) is 56.3 Å². The lowest BCUT2D eigenvalue weighted by atomic mass is 9.89. The summed E-state index contributed by atoms with van der Waals surface area (Å²) in [5, 5.41) is 10.8. The van der Waals surface area contributed by atoms with Crippen LogP contribution in [0.3, 0.4) is 0 Å². The van der Waals surface area contributed by atoms with E-state index in [0.29, 0.717) is 12.3 Å². The number of aliphatic hydroxyl groups is 1. The number of carbonyl (C=O) groups excluding carboxylic acids is 2. The largest absolute Gasteiger partial charge is 0.503 e. The maximum atomic E-state index is 13.3. The SMILES string of the molecule is COCc1ccccc1C1C(C(=O)C(C)C)=C(O)C(=O)N1c1ccc(C2=CCCC2)cc1. The summed E-state index contributed by atoms with van der Waals surface area (Å²) in [4.78, 5) is 27.9. The third kappa shape index (κ3) is 3.89. The first kappa shape index (κ1) is 22.0. The zero-order valence-electron chi connectivity index (χ0n) is 18.8. The second kappa shape index (κ2) is 9.13. The van der Waals surface area contributed by atoms with Gasteiger partial charge in [0.05, 0.1) is 18.2 Å². The molecule has 5 heteroatoms. The van der Waals surface area contributed by atoms with E-state index in [2.05, 4.69) is 6.08 Å². The van der Waals surface area contributed by atoms with Crippen molar-refractivity contribution in [3.8, 4) is 0 Å². The van der Waals surface area contributed by atoms with Crippen LogP contribution in [0, 0.1) is 5.92 Å². The first-order chi connectivity index (χ1) is 15.4. The van der Waals surface area contributed by atoms with E-state index in [0.717, 1.165) is 29.5 Å². The molecule has 1 heterocycles. The Bertz CT molecular complexity index is 1090. The fourth-order valence-corrected chi connectivity index (χ4v) is 4.59. The number of amides is 1. The van der Waals surface area contributed by atoms with E-state index in [4.69, 9.17) is 4.74 Å². The van der Waals surface area contributed by atoms with Gasteiger partial charge in [-0.2, -0.15) is 0 Å². The Hall–Kier alpha value is -3.18. The van der Waals surface area contributed by atoms with Crippen LogP contribution in [-0.2, 0) is 20.9 Å². The number of hydrogen-bond acceptors (Lipinski definition) is 4. The molecule has 0 spiro atoms. The minimum atomic E-state index is -0.708. The number of Topliss-reactive ketones (excluding diaryl/α,β-unsaturated/α-hetero) is 1. The van der Waals surface area contributed by atoms with Gasteiger partial charge in [0, 0.05) is 18.7 Å². The summed E-state index contributed by atoms with van der Waals surface area (Å²) in [5.74, 6) is -1.61. The molecule has 1 amide bonds. The molecule has 0 radical (unpaired) electrons. The normalized spacial score (nSPS) is 18.6. The van der Waals surface area contributed by atoms with Gasteiger partial charge in [0.15, 0.2) is 11.5 Å². The molecule has 0 aromatic heterocycles. The predicted molar refractivity (Wildman–Crippen MR) is 125 cm³/mol. The van der Waals surface area contributed by atoms with E-state index in [1.54, 1.807) is 21.0 Å². The van der Waals surface area contributed by atoms with Crippen molar-refractivity contribution < 1.29 is 19.4 Å². The Labute approximate surface area is 189 Å². The van der Waals surface area contributed by atoms with Gasteiger partial charge >= 0.3 is 0 Å². The van der Waals surface area contributed by atoms with Gasteiger partial charge in [-0.25, -0.2) is 0 Å². The molecule has 0 bridgehead atoms. The molecule has 1 aliphatic heterocycles. The maximum absolute atomic E-state index is 13.3. The van der Waals surface area contributed by atoms with Crippen LogP contribution in [-0.4, -0.2) is 23.9 Å². The standard InChI is InChI=1S/C27H29NO4/c1-17(2)25(29)23-24(22-11-7-6-10-20(22)16-32-3)28(27(31)26(23)30)21-14-12-19(13-15-21)18-8-4-5-9-18/h6-8,10-15,17,24,30H,4-5,9,16H2,1-3H3. The number of rotatable bonds is 7. The third-order valence-corrected chi connectivity index (χ3v) is 6.20. The van der Waals surface area contributed by atoms with Crippen molar-refractivity contribution in [1.82, 2.24) is 0 Å². The number of aliphatic hydroxyl groups excluding tert-OH is 1. The first-order valence-corrected chi connectivity index (χ1v) is 11.1. The Balaban J connectivity index is 1.82. The number of hydrogen-bond donors (Lipinski definition) is 1. The van der Waals surface area contributed by atoms with Gasteiger partial charge in [-0.15, -0.1) is 0 Å². The quantitative estimate of drug-likeness (QED) is 0.626. The number of anilines is 1. The van der Waals surface area contributed by atoms with Crippen molar-refractivity contribution in [3.63, 3.8) is 0 Å². The minimum absolute atomic E-state index is 0.149. The highest BCUT2D eigenvalue weighted by atomic mass is 16.5. The van der Waals surface area contributed by atoms with Crippen molar-refractivity contribution >= 4 is 23.0 Å². The van der Waals surface area contributed by atoms with Gasteiger partial charge in [0.2, 0.25) is 0 Å². The zero-order chi connectivity index (χ0) is 22.8. The Morgan fingerprint density at radius 3 is 2.50 bits per heavy atom. The van der Waals surface area contributed by atoms with E-state index in [-0.39, 0.29) is 17.3 Å². The van der Waals surface area contributed by atoms with Crippen molar-refractivity contribution in [2.45, 2.75) is 45.8 Å². The Kier molecular flexibility index (Phi) is 6.28. The molecule has 1 aliphatic carbocycles. The number of ether oxygens (including phenoxy) is 1. The fourth-order valence-electron chi connectivity index (χ4n) is 4.59. The van der Waals surface area contributed by atoms with Crippen LogP contribution in [0.1, 0.15) is 55.8 Å². The second-order valence-corrected chi connectivity index (χ2v) is 8.66. The fraction of sp³-hybridized carbons (Fsp3) is 0.333. The zero-order valence-corrected chi connectivity index (χ0v) is 18.8. The van der Waals surface area contributed by atoms with Gasteiger partial charge in [-0.05, 0) is 53.7 Å². The van der Waals surface area contributed by atoms with Crippen LogP contribution >= 0.6 is 0 Å². The highest BCUT2D eigenvalue weighted by Gasteiger charge is 2.45. The van der Waals surface area contributed by atoms with Crippen LogP contribution in [0.15, 0.2) is 65.9 Å². The van der Waals surface area contributed by atoms with Gasteiger partial charge in [-0.3, -0.25) is 14.5 Å². The molecule has 1 N–H and O–H groups in total. The first-order valence-electron chi connectivity index (χ1n) is 11.1. The summed E-state index contributed by atoms with van der Waals surface area (Å²) in [6.07, 6.45) is 5.58. The molecule has 4 rings (SSSR count). The lowest BCUT2D eigenvalue weighted by Gasteiger charge is -2.29. The van der Waals surface area contributed by atoms with Crippen molar-refractivity contribution in [1.29, 1.82) is 0 Å². The van der Waals surface area contributed by atoms with Crippen LogP contribution in [0.4, 0.5) is 5.69 Å². The summed E-state index contributed by atoms with van der Waals surface area (Å²) >= 11 is 0. The van der Waals surface area contributed by atoms with Crippen molar-refractivity contribution in [2.24, 2.45) is 5.92 Å². The summed E-state index contributed by atoms with van der Waals surface area (Å²) in [5.41, 5.74) is 4.91. The number of nitrogens with zero attached hydrogens (tertiary/aromatic N) is 1. The molecular weight excluding hydrogens is 402 g/mol. The molecule has 0 saturated heterocycles. The predicted octanol–water partition coefficient (Wildman–Crippen LogP) is 5.53. The smallest absolute Gasteiger partial charge is 0.294 e. The summed E-state index contributed by atoms with van der Waals surface area (Å²) < 4.78 is 5.37. The molecule has 2 aromatic rings. The summed E-state index contributed by atoms with van der Waals surface area (Å²) in [6, 6.07) is 14.7. The molecule has 0 saturated carbocycles. The molecular formula is C27H29NO4. The van der Waals surface area contributed by atoms with Crippen molar-refractivity contribution in [2.75, 3.05) is 12.0 Å². The van der Waals surface area contributed by atoms with Gasteiger partial charge in [0.25, 0.3) is 5.91 Å². The molecule has 0 fully saturated rings. The summed E-state index contributed by atoms with van der Waals surface area (Å²) in [7, 11) is 1.61. The van der Waals surface area contributed by atoms with Gasteiger partial charge < -0.3 is 9.84 Å². The van der Waals surface area contributed by atoms with E-state index >= 15 is 0 Å². The molecule has 2 aromatic carbocycles. The lowest BCUT2D eigenvalue weighted by molar-refractivity contribution is -0.119. The monoisotopic (exact) mass is 431 g/mol. The van der Waals surface area contributed by atoms with E-state index in [1.807, 2.05) is 48.5 Å². The van der Waals surface area contributed by atoms with E-state index in [9.17, 15) is 14.7 Å². The molecule has 2 aliphatic rings. The topological polar surface area (TPSA) is 66.8 Å². The Morgan fingerprint density at radius 1 is 1.16 bits per heavy atom. The van der Waals surface area contributed by atoms with Crippen molar-refractivity contribution in [3.05, 3.63) is 82.6 Å². The minimum Gasteiger partial charge on any atom is -0.503 e. The van der Waals surface area contributed by atoms with Crippen LogP contribution in [0.2, 0.25) is 0 Å². The van der Waals surface area contributed by atoms with Crippen LogP contribution in [0.25, 0.3) is 5.57 Å². The third-order valence-electron chi connectivity index (χ3n) is 6.20. The number of methoxy groups -OCH3 is 1. The number of carbonyl (C=O) groups is 2. The molecule has 5 nitrogen and oxygen atoms in total. The molecule has 32 heavy (non-hydrogen) atoms. The number of allylic oxidation sites excluding steroid dienone is 2. The second-order valence-electron chi connectivity index (χ2n) is 8.66. The summed E-state index contributed by atoms with van der Waals surface area (Å²) in [6.45, 7) is 3.89. The molecule has 1 atom stereocenters. The number of benzene rings is 2. The molecule has 166 valence electrons. The highest BCUT2D eigenvalue weighted by molar-refractivity contribution is 6.17. The average Bonchev–Trinajstić information content (AvgIpc) is 3.42. The Morgan fingerprint density at radius 2 is 1.88 bits per heavy atom. The molecule has 1 unspecified atom stereocenters. The lowest BCUT2D eigenvalue weighted by Crippen LogP contribution is -2.32. The number of ketones is 1. The van der Waals surface area contributed by atoms with E-state index < -0.39 is 17.7 Å². The average molecular weight is 432 g/mol. The van der Waals surface area contributed by atoms with Gasteiger partial charge in [0.1, 0.15) is 0 Å². The maximum Gasteiger partial charge on any atom is 0.294 e. The highest BCUT2D eigenvalue weighted by Crippen LogP contribution is 2.43. The van der Waals surface area contributed by atoms with Crippen LogP contribution in [0.5, 0.6) is 0 Å². The van der Waals surface area contributed by atoms with E-state index in [1.165, 1.54) is 16.9 Å².